The van der Waals surface area contributed by atoms with E-state index < -0.39 is 0 Å². The van der Waals surface area contributed by atoms with E-state index in [2.05, 4.69) is 19.2 Å². The maximum Gasteiger partial charge on any atom is 0.0499 e. The first-order valence-electron chi connectivity index (χ1n) is 6.90. The Morgan fingerprint density at radius 2 is 1.88 bits per heavy atom. The minimum atomic E-state index is 0.215. The third-order valence-electron chi connectivity index (χ3n) is 4.73. The molecule has 0 spiro atoms. The van der Waals surface area contributed by atoms with Crippen LogP contribution >= 0.6 is 0 Å². The van der Waals surface area contributed by atoms with E-state index in [1.54, 1.807) is 0 Å². The second kappa shape index (κ2) is 4.66. The van der Waals surface area contributed by atoms with Crippen LogP contribution in [0, 0.1) is 10.8 Å². The lowest BCUT2D eigenvalue weighted by atomic mass is 9.86. The van der Waals surface area contributed by atoms with Gasteiger partial charge < -0.3 is 10.4 Å². The highest BCUT2D eigenvalue weighted by atomic mass is 16.3. The van der Waals surface area contributed by atoms with Crippen LogP contribution in [-0.2, 0) is 0 Å². The highest BCUT2D eigenvalue weighted by Crippen LogP contribution is 2.39. The van der Waals surface area contributed by atoms with Crippen LogP contribution in [0.2, 0.25) is 0 Å². The van der Waals surface area contributed by atoms with E-state index in [-0.39, 0.29) is 5.41 Å². The first kappa shape index (κ1) is 12.4. The fraction of sp³-hybridized carbons (Fsp3) is 1.00. The number of rotatable bonds is 4. The SMILES string of the molecule is CC1(C)CCC(NCC2(CO)CCCC2)C1. The van der Waals surface area contributed by atoms with Crippen molar-refractivity contribution in [1.82, 2.24) is 5.32 Å². The van der Waals surface area contributed by atoms with Crippen molar-refractivity contribution in [2.75, 3.05) is 13.2 Å². The quantitative estimate of drug-likeness (QED) is 0.771. The number of hydrogen-bond donors (Lipinski definition) is 2. The summed E-state index contributed by atoms with van der Waals surface area (Å²) in [6.07, 6.45) is 9.00. The third kappa shape index (κ3) is 2.78. The first-order chi connectivity index (χ1) is 7.55. The zero-order chi connectivity index (χ0) is 11.6. The number of nitrogens with one attached hydrogen (secondary N) is 1. The monoisotopic (exact) mass is 225 g/mol. The van der Waals surface area contributed by atoms with Gasteiger partial charge in [0.2, 0.25) is 0 Å². The molecule has 0 aromatic heterocycles. The van der Waals surface area contributed by atoms with Crippen LogP contribution in [0.1, 0.15) is 58.8 Å². The van der Waals surface area contributed by atoms with Gasteiger partial charge in [0.1, 0.15) is 0 Å². The second-order valence-corrected chi connectivity index (χ2v) is 6.85. The standard InChI is InChI=1S/C14H27NO/c1-13(2)8-5-12(9-13)15-10-14(11-16)6-3-4-7-14/h12,15-16H,3-11H2,1-2H3. The van der Waals surface area contributed by atoms with Crippen LogP contribution < -0.4 is 5.32 Å². The number of aliphatic hydroxyl groups is 1. The number of aliphatic hydroxyl groups excluding tert-OH is 1. The molecule has 0 aromatic rings. The van der Waals surface area contributed by atoms with Gasteiger partial charge in [-0.1, -0.05) is 26.7 Å². The maximum atomic E-state index is 9.55. The van der Waals surface area contributed by atoms with Gasteiger partial charge in [-0.25, -0.2) is 0 Å². The smallest absolute Gasteiger partial charge is 0.0499 e. The minimum Gasteiger partial charge on any atom is -0.396 e. The third-order valence-corrected chi connectivity index (χ3v) is 4.73. The van der Waals surface area contributed by atoms with Gasteiger partial charge in [-0.05, 0) is 37.5 Å². The lowest BCUT2D eigenvalue weighted by molar-refractivity contribution is 0.124. The lowest BCUT2D eigenvalue weighted by Crippen LogP contribution is -2.39. The average molecular weight is 225 g/mol. The molecule has 2 fully saturated rings. The molecule has 2 saturated carbocycles. The summed E-state index contributed by atoms with van der Waals surface area (Å²) in [7, 11) is 0. The molecule has 0 saturated heterocycles. The van der Waals surface area contributed by atoms with E-state index in [1.165, 1.54) is 44.9 Å². The summed E-state index contributed by atoms with van der Waals surface area (Å²) in [4.78, 5) is 0. The Morgan fingerprint density at radius 3 is 2.38 bits per heavy atom. The molecule has 2 N–H and O–H groups in total. The largest absolute Gasteiger partial charge is 0.396 e. The predicted molar refractivity (Wildman–Crippen MR) is 67.4 cm³/mol. The lowest BCUT2D eigenvalue weighted by Gasteiger charge is -2.29. The first-order valence-corrected chi connectivity index (χ1v) is 6.90. The molecular weight excluding hydrogens is 198 g/mol. The maximum absolute atomic E-state index is 9.55. The van der Waals surface area contributed by atoms with Crippen molar-refractivity contribution < 1.29 is 5.11 Å². The molecule has 16 heavy (non-hydrogen) atoms. The molecule has 0 aliphatic heterocycles. The van der Waals surface area contributed by atoms with Gasteiger partial charge in [0.05, 0.1) is 0 Å². The normalized spacial score (nSPS) is 32.1. The van der Waals surface area contributed by atoms with Crippen LogP contribution in [0.3, 0.4) is 0 Å². The topological polar surface area (TPSA) is 32.3 Å². The average Bonchev–Trinajstić information content (AvgIpc) is 2.83. The van der Waals surface area contributed by atoms with Gasteiger partial charge in [0.15, 0.2) is 0 Å². The van der Waals surface area contributed by atoms with Crippen molar-refractivity contribution in [3.05, 3.63) is 0 Å². The van der Waals surface area contributed by atoms with Crippen molar-refractivity contribution >= 4 is 0 Å². The fourth-order valence-corrected chi connectivity index (χ4v) is 3.49. The van der Waals surface area contributed by atoms with Gasteiger partial charge in [-0.15, -0.1) is 0 Å². The predicted octanol–water partition coefficient (Wildman–Crippen LogP) is 2.71. The van der Waals surface area contributed by atoms with Crippen LogP contribution in [-0.4, -0.2) is 24.3 Å². The Balaban J connectivity index is 1.79. The molecule has 0 bridgehead atoms. The molecule has 1 atom stereocenters. The zero-order valence-electron chi connectivity index (χ0n) is 10.9. The summed E-state index contributed by atoms with van der Waals surface area (Å²) in [5, 5.41) is 13.3. The van der Waals surface area contributed by atoms with Crippen LogP contribution in [0.5, 0.6) is 0 Å². The van der Waals surface area contributed by atoms with Crippen LogP contribution in [0.15, 0.2) is 0 Å². The van der Waals surface area contributed by atoms with E-state index in [4.69, 9.17) is 0 Å². The van der Waals surface area contributed by atoms with E-state index in [9.17, 15) is 5.11 Å². The van der Waals surface area contributed by atoms with Crippen LogP contribution in [0.25, 0.3) is 0 Å². The van der Waals surface area contributed by atoms with E-state index in [1.807, 2.05) is 0 Å². The molecule has 2 nitrogen and oxygen atoms in total. The van der Waals surface area contributed by atoms with Gasteiger partial charge >= 0.3 is 0 Å². The van der Waals surface area contributed by atoms with Crippen molar-refractivity contribution in [1.29, 1.82) is 0 Å². The summed E-state index contributed by atoms with van der Waals surface area (Å²) in [5.41, 5.74) is 0.743. The number of hydrogen-bond acceptors (Lipinski definition) is 2. The molecule has 0 amide bonds. The van der Waals surface area contributed by atoms with Crippen molar-refractivity contribution in [2.45, 2.75) is 64.8 Å². The van der Waals surface area contributed by atoms with E-state index in [0.29, 0.717) is 18.1 Å². The Hall–Kier alpha value is -0.0800. The molecule has 2 aliphatic carbocycles. The highest BCUT2D eigenvalue weighted by molar-refractivity contribution is 4.91. The fourth-order valence-electron chi connectivity index (χ4n) is 3.49. The van der Waals surface area contributed by atoms with Crippen molar-refractivity contribution in [2.24, 2.45) is 10.8 Å². The van der Waals surface area contributed by atoms with Crippen molar-refractivity contribution in [3.8, 4) is 0 Å². The molecular formula is C14H27NO. The van der Waals surface area contributed by atoms with E-state index in [0.717, 1.165) is 6.54 Å². The minimum absolute atomic E-state index is 0.215. The molecule has 2 aliphatic rings. The highest BCUT2D eigenvalue weighted by Gasteiger charge is 2.36. The second-order valence-electron chi connectivity index (χ2n) is 6.85. The summed E-state index contributed by atoms with van der Waals surface area (Å²) in [6, 6.07) is 0.694. The Morgan fingerprint density at radius 1 is 1.19 bits per heavy atom. The molecule has 2 rings (SSSR count). The van der Waals surface area contributed by atoms with Gasteiger partial charge in [0.25, 0.3) is 0 Å². The van der Waals surface area contributed by atoms with E-state index >= 15 is 0 Å². The molecule has 0 heterocycles. The van der Waals surface area contributed by atoms with Crippen LogP contribution in [0.4, 0.5) is 0 Å². The summed E-state index contributed by atoms with van der Waals surface area (Å²) >= 11 is 0. The zero-order valence-corrected chi connectivity index (χ0v) is 10.9. The molecule has 1 unspecified atom stereocenters. The molecule has 2 heteroatoms. The molecule has 94 valence electrons. The summed E-state index contributed by atoms with van der Waals surface area (Å²) in [6.45, 7) is 6.14. The Bertz CT molecular complexity index is 231. The molecule has 0 aromatic carbocycles. The summed E-state index contributed by atoms with van der Waals surface area (Å²) in [5.74, 6) is 0. The van der Waals surface area contributed by atoms with Gasteiger partial charge in [-0.2, -0.15) is 0 Å². The Labute approximate surface area is 99.8 Å². The van der Waals surface area contributed by atoms with Gasteiger partial charge in [0, 0.05) is 24.6 Å². The van der Waals surface area contributed by atoms with Gasteiger partial charge in [-0.3, -0.25) is 0 Å². The molecule has 0 radical (unpaired) electrons. The Kier molecular flexibility index (Phi) is 3.60. The summed E-state index contributed by atoms with van der Waals surface area (Å²) < 4.78 is 0. The van der Waals surface area contributed by atoms with Crippen molar-refractivity contribution in [3.63, 3.8) is 0 Å².